The van der Waals surface area contributed by atoms with Crippen LogP contribution in [0.4, 0.5) is 57.1 Å². The Balaban J connectivity index is 0.000000128. The summed E-state index contributed by atoms with van der Waals surface area (Å²) >= 11 is 0. The average molecular weight is 1840 g/mol. The van der Waals surface area contributed by atoms with Gasteiger partial charge in [-0.25, -0.2) is 51.6 Å². The molecule has 15 atom stereocenters. The minimum absolute atomic E-state index is 0.0146. The molecule has 6 aliphatic carbocycles. The molecule has 9 aromatic carbocycles. The number of hydrogen-bond donors (Lipinski definition) is 0. The molecule has 0 N–H and O–H groups in total. The highest BCUT2D eigenvalue weighted by atomic mass is 32.2. The molecular weight excluding hydrogens is 1760 g/mol. The van der Waals surface area contributed by atoms with Crippen LogP contribution in [-0.4, -0.2) is 131 Å². The van der Waals surface area contributed by atoms with Crippen molar-refractivity contribution in [2.45, 2.75) is 132 Å². The van der Waals surface area contributed by atoms with Gasteiger partial charge in [-0.2, -0.15) is 30.7 Å². The summed E-state index contributed by atoms with van der Waals surface area (Å²) in [4.78, 5) is 36.8. The second kappa shape index (κ2) is 38.5. The molecule has 9 fully saturated rings. The summed E-state index contributed by atoms with van der Waals surface area (Å²) in [5.74, 6) is -26.9. The second-order valence-electron chi connectivity index (χ2n) is 30.5. The lowest BCUT2D eigenvalue weighted by Gasteiger charge is -2.26. The van der Waals surface area contributed by atoms with E-state index < -0.39 is 172 Å². The van der Waals surface area contributed by atoms with E-state index in [9.17, 15) is 110 Å². The van der Waals surface area contributed by atoms with E-state index in [1.54, 1.807) is 6.92 Å². The third kappa shape index (κ3) is 21.5. The topological polar surface area (TPSA) is 278 Å². The van der Waals surface area contributed by atoms with Gasteiger partial charge in [0.2, 0.25) is 68.0 Å². The maximum Gasteiger partial charge on any atom is 0.416 e. The molecule has 3 saturated heterocycles. The van der Waals surface area contributed by atoms with Crippen LogP contribution in [-0.2, 0) is 112 Å². The van der Waals surface area contributed by atoms with Gasteiger partial charge in [0.1, 0.15) is 76.8 Å². The third-order valence-corrected chi connectivity index (χ3v) is 30.9. The number of alkyl halides is 3. The second-order valence-corrected chi connectivity index (χ2v) is 40.6. The molecule has 0 radical (unpaired) electrons. The fourth-order valence-corrected chi connectivity index (χ4v) is 25.2. The lowest BCUT2D eigenvalue weighted by molar-refractivity contribution is -0.155. The van der Waals surface area contributed by atoms with Crippen LogP contribution >= 0.6 is 0 Å². The van der Waals surface area contributed by atoms with Crippen LogP contribution in [0, 0.1) is 118 Å². The molecule has 18 rings (SSSR count). The fraction of sp³-hybridized carbons (Fsp3) is 0.337. The lowest BCUT2D eigenvalue weighted by Crippen LogP contribution is -2.37. The van der Waals surface area contributed by atoms with E-state index in [1.807, 2.05) is 66.7 Å². The van der Waals surface area contributed by atoms with Crippen LogP contribution in [0.5, 0.6) is 0 Å². The summed E-state index contributed by atoms with van der Waals surface area (Å²) in [5.41, 5.74) is 0.0195. The Morgan fingerprint density at radius 2 is 0.577 bits per heavy atom. The molecule has 37 heteroatoms. The monoisotopic (exact) mass is 1830 g/mol. The Morgan fingerprint density at radius 3 is 0.821 bits per heavy atom. The van der Waals surface area contributed by atoms with Crippen molar-refractivity contribution in [1.29, 1.82) is 0 Å². The first-order valence-electron chi connectivity index (χ1n) is 38.3. The third-order valence-electron chi connectivity index (χ3n) is 22.4. The number of ether oxygens (including phenoxy) is 6. The molecule has 654 valence electrons. The van der Waals surface area contributed by atoms with Crippen LogP contribution in [0.3, 0.4) is 0 Å². The van der Waals surface area contributed by atoms with Crippen LogP contribution in [0.1, 0.15) is 49.7 Å². The molecule has 18 nitrogen and oxygen atoms in total. The summed E-state index contributed by atoms with van der Waals surface area (Å²) in [5, 5.41) is 0. The summed E-state index contributed by atoms with van der Waals surface area (Å²) < 4.78 is 304. The molecule has 0 amide bonds. The molecule has 6 bridgehead atoms. The van der Waals surface area contributed by atoms with E-state index in [4.69, 9.17) is 28.4 Å². The van der Waals surface area contributed by atoms with Gasteiger partial charge < -0.3 is 42.1 Å². The van der Waals surface area contributed by atoms with Gasteiger partial charge in [-0.05, 0) is 189 Å². The van der Waals surface area contributed by atoms with E-state index in [-0.39, 0.29) is 65.3 Å². The van der Waals surface area contributed by atoms with Gasteiger partial charge in [0.05, 0.1) is 65.5 Å². The first-order valence-corrected chi connectivity index (χ1v) is 46.7. The number of benzene rings is 9. The van der Waals surface area contributed by atoms with E-state index in [1.165, 1.54) is 45.0 Å². The van der Waals surface area contributed by atoms with Crippen LogP contribution in [0.25, 0.3) is 0 Å². The Labute approximate surface area is 707 Å². The summed E-state index contributed by atoms with van der Waals surface area (Å²) in [7, 11) is -17.2. The normalized spacial score (nSPS) is 24.4. The van der Waals surface area contributed by atoms with Crippen molar-refractivity contribution in [2.75, 3.05) is 37.1 Å². The average Bonchev–Trinajstić information content (AvgIpc) is 1.73. The number of aryl methyl sites for hydroxylation is 1. The Bertz CT molecular complexity index is 5190. The predicted molar refractivity (Wildman–Crippen MR) is 415 cm³/mol. The predicted octanol–water partition coefficient (Wildman–Crippen LogP) is 15.6. The van der Waals surface area contributed by atoms with Crippen molar-refractivity contribution in [1.82, 2.24) is 0 Å². The van der Waals surface area contributed by atoms with Crippen molar-refractivity contribution in [2.24, 2.45) is 53.3 Å². The molecule has 3 heterocycles. The van der Waals surface area contributed by atoms with Gasteiger partial charge in [-0.3, -0.25) is 14.4 Å². The number of hydrogen-bond acceptors (Lipinski definition) is 18. The van der Waals surface area contributed by atoms with E-state index in [0.717, 1.165) is 60.4 Å². The van der Waals surface area contributed by atoms with Gasteiger partial charge >= 0.3 is 24.1 Å². The Morgan fingerprint density at radius 1 is 0.341 bits per heavy atom. The standard InChI is InChI=1S/C20H16F3S.C18H5F10S.C18H15S.3C10H14O6S/c1-15-12-16(20(21,22)23)14-19(13-15)24(17-8-4-2-5-9-17)18-10-6-3-7-11-18;19-7-9(21)13(25)17(14(26)10(7)22)29(6-4-2-1-3-5-6)18-15(27)11(23)8(20)12(24)16(18)28;1-4-10-16(11-5-1)19(17-12-6-2-7-13-17)18-14-8-3-9-15-18;3*11-8(4-17(12,13)14)16-9-5-1-6-3-15-10(9)7(6)2-5/h2-14H,1H3;1-5H;1-15H;3*5-7,9-10H,1-4H2,(H,12,13,14)/q3*+1;;;/p-3. The van der Waals surface area contributed by atoms with Crippen molar-refractivity contribution < 1.29 is 139 Å². The number of fused-ring (bicyclic) bond motifs is 3. The number of esters is 3. The Kier molecular flexibility index (Phi) is 28.8. The highest BCUT2D eigenvalue weighted by Gasteiger charge is 2.61. The zero-order chi connectivity index (χ0) is 88.3. The summed E-state index contributed by atoms with van der Waals surface area (Å²) in [6, 6.07) is 61.4. The molecule has 15 unspecified atom stereocenters. The maximum absolute atomic E-state index is 14.3. The minimum Gasteiger partial charge on any atom is -0.748 e. The first kappa shape index (κ1) is 91.8. The van der Waals surface area contributed by atoms with Gasteiger partial charge in [-0.1, -0.05) is 109 Å². The SMILES string of the molecule is Cc1cc([S+](c2ccccc2)c2ccccc2)cc(C(F)(F)F)c1.Fc1c(F)c(F)c([S+](c2ccccc2)c2c(F)c(F)c(F)c(F)c2F)c(F)c1F.O=C(CS(=O)(=O)[O-])OC1C2CC3COC1C3C2.O=C(CS(=O)(=O)[O-])OC1C2CC3COC1C3C2.O=C(CS(=O)(=O)[O-])OC1C2CC3COC1C3C2.c1ccc([S+](c2ccccc2)c2ccccc2)cc1. The molecule has 0 aromatic heterocycles. The van der Waals surface area contributed by atoms with E-state index in [2.05, 4.69) is 91.0 Å². The van der Waals surface area contributed by atoms with Gasteiger partial charge in [-0.15, -0.1) is 0 Å². The number of halogens is 13. The molecule has 3 aliphatic heterocycles. The van der Waals surface area contributed by atoms with Crippen LogP contribution in [0.2, 0.25) is 0 Å². The maximum atomic E-state index is 14.3. The van der Waals surface area contributed by atoms with Crippen LogP contribution in [0.15, 0.2) is 244 Å². The lowest BCUT2D eigenvalue weighted by atomic mass is 9.88. The largest absolute Gasteiger partial charge is 0.748 e. The van der Waals surface area contributed by atoms with Crippen molar-refractivity contribution in [3.8, 4) is 0 Å². The number of carbonyl (C=O) groups excluding carboxylic acids is 3. The van der Waals surface area contributed by atoms with Gasteiger partial charge in [0, 0.05) is 6.07 Å². The van der Waals surface area contributed by atoms with Gasteiger partial charge in [0.15, 0.2) is 34.3 Å². The fourth-order valence-electron chi connectivity index (χ4n) is 17.6. The highest BCUT2D eigenvalue weighted by molar-refractivity contribution is 7.97. The summed E-state index contributed by atoms with van der Waals surface area (Å²) in [6.45, 7) is 3.83. The van der Waals surface area contributed by atoms with E-state index >= 15 is 0 Å². The molecule has 9 aliphatic rings. The molecule has 0 spiro atoms. The molecule has 9 aromatic rings. The highest BCUT2D eigenvalue weighted by Crippen LogP contribution is 2.57. The van der Waals surface area contributed by atoms with E-state index in [0.29, 0.717) is 65.8 Å². The Hall–Kier alpha value is -8.86. The zero-order valence-electron chi connectivity index (χ0n) is 64.4. The van der Waals surface area contributed by atoms with Crippen molar-refractivity contribution >= 4 is 80.9 Å². The molecule has 123 heavy (non-hydrogen) atoms. The molecular formula is C86H75F13O18S6. The minimum atomic E-state index is -4.56. The first-order chi connectivity index (χ1) is 58.3. The quantitative estimate of drug-likeness (QED) is 0.0147. The number of rotatable bonds is 18. The number of carbonyl (C=O) groups is 3. The smallest absolute Gasteiger partial charge is 0.416 e. The van der Waals surface area contributed by atoms with Gasteiger partial charge in [0.25, 0.3) is 0 Å². The summed E-state index contributed by atoms with van der Waals surface area (Å²) in [6.07, 6.45) is 0.214. The zero-order valence-corrected chi connectivity index (χ0v) is 69.3. The molecule has 6 saturated carbocycles. The van der Waals surface area contributed by atoms with Crippen molar-refractivity contribution in [3.63, 3.8) is 0 Å². The van der Waals surface area contributed by atoms with Crippen LogP contribution < -0.4 is 0 Å². The van der Waals surface area contributed by atoms with Crippen molar-refractivity contribution in [3.05, 3.63) is 269 Å².